The lowest BCUT2D eigenvalue weighted by Crippen LogP contribution is -2.39. The summed E-state index contributed by atoms with van der Waals surface area (Å²) in [6, 6.07) is 14.8. The van der Waals surface area contributed by atoms with Gasteiger partial charge in [0.2, 0.25) is 0 Å². The molecule has 1 aliphatic rings. The van der Waals surface area contributed by atoms with Gasteiger partial charge in [0.1, 0.15) is 5.82 Å². The Bertz CT molecular complexity index is 679. The largest absolute Gasteiger partial charge is 0.396 e. The van der Waals surface area contributed by atoms with Crippen molar-refractivity contribution in [2.75, 3.05) is 18.8 Å². The Morgan fingerprint density at radius 3 is 2.48 bits per heavy atom. The number of hydrogen-bond donors (Lipinski definition) is 1. The number of rotatable bonds is 3. The number of para-hydroxylation sites is 1. The fourth-order valence-corrected chi connectivity index (χ4v) is 3.18. The summed E-state index contributed by atoms with van der Waals surface area (Å²) < 4.78 is 13.5. The highest BCUT2D eigenvalue weighted by molar-refractivity contribution is 5.99. The maximum absolute atomic E-state index is 13.5. The first-order valence-corrected chi connectivity index (χ1v) is 8.02. The summed E-state index contributed by atoms with van der Waals surface area (Å²) in [7, 11) is 0. The SMILES string of the molecule is Nc1c(F)cccc1C(=O)N1CCC(Cc2ccccc2)CC1. The number of halogens is 1. The lowest BCUT2D eigenvalue weighted by Gasteiger charge is -2.32. The fraction of sp³-hybridized carbons (Fsp3) is 0.316. The molecule has 1 aliphatic heterocycles. The third kappa shape index (κ3) is 3.52. The molecule has 3 nitrogen and oxygen atoms in total. The third-order valence-corrected chi connectivity index (χ3v) is 4.55. The molecule has 4 heteroatoms. The van der Waals surface area contributed by atoms with Crippen molar-refractivity contribution in [3.63, 3.8) is 0 Å². The minimum absolute atomic E-state index is 0.0519. The molecule has 1 fully saturated rings. The fourth-order valence-electron chi connectivity index (χ4n) is 3.18. The number of carbonyl (C=O) groups is 1. The standard InChI is InChI=1S/C19H21FN2O/c20-17-8-4-7-16(18(17)21)19(23)22-11-9-15(10-12-22)13-14-5-2-1-3-6-14/h1-8,15H,9-13,21H2. The summed E-state index contributed by atoms with van der Waals surface area (Å²) in [5, 5.41) is 0. The lowest BCUT2D eigenvalue weighted by molar-refractivity contribution is 0.0691. The summed E-state index contributed by atoms with van der Waals surface area (Å²) in [4.78, 5) is 14.3. The predicted molar refractivity (Wildman–Crippen MR) is 89.6 cm³/mol. The Morgan fingerprint density at radius 2 is 1.78 bits per heavy atom. The molecule has 2 aromatic rings. The van der Waals surface area contributed by atoms with E-state index in [1.807, 2.05) is 6.07 Å². The molecule has 0 unspecified atom stereocenters. The van der Waals surface area contributed by atoms with E-state index in [1.54, 1.807) is 11.0 Å². The van der Waals surface area contributed by atoms with Crippen molar-refractivity contribution in [1.82, 2.24) is 4.90 Å². The molecule has 23 heavy (non-hydrogen) atoms. The Hall–Kier alpha value is -2.36. The van der Waals surface area contributed by atoms with Crippen LogP contribution in [0.15, 0.2) is 48.5 Å². The van der Waals surface area contributed by atoms with Gasteiger partial charge < -0.3 is 10.6 Å². The van der Waals surface area contributed by atoms with Crippen molar-refractivity contribution in [1.29, 1.82) is 0 Å². The first kappa shape index (κ1) is 15.5. The summed E-state index contributed by atoms with van der Waals surface area (Å²) in [5.41, 5.74) is 7.25. The molecule has 0 aliphatic carbocycles. The first-order valence-electron chi connectivity index (χ1n) is 8.02. The summed E-state index contributed by atoms with van der Waals surface area (Å²) in [6.07, 6.45) is 2.98. The second kappa shape index (κ2) is 6.82. The van der Waals surface area contributed by atoms with E-state index in [1.165, 1.54) is 17.7 Å². The Kier molecular flexibility index (Phi) is 4.60. The van der Waals surface area contributed by atoms with Crippen LogP contribution in [-0.4, -0.2) is 23.9 Å². The van der Waals surface area contributed by atoms with Gasteiger partial charge in [-0.15, -0.1) is 0 Å². The number of nitrogens with zero attached hydrogens (tertiary/aromatic N) is 1. The van der Waals surface area contributed by atoms with Crippen molar-refractivity contribution in [3.8, 4) is 0 Å². The van der Waals surface area contributed by atoms with Crippen molar-refractivity contribution < 1.29 is 9.18 Å². The molecule has 2 aromatic carbocycles. The number of nitrogen functional groups attached to an aromatic ring is 1. The van der Waals surface area contributed by atoms with Crippen LogP contribution in [-0.2, 0) is 6.42 Å². The molecule has 0 saturated carbocycles. The molecule has 0 bridgehead atoms. The van der Waals surface area contributed by atoms with Crippen LogP contribution in [0.4, 0.5) is 10.1 Å². The molecule has 0 spiro atoms. The van der Waals surface area contributed by atoms with Gasteiger partial charge >= 0.3 is 0 Å². The topological polar surface area (TPSA) is 46.3 Å². The van der Waals surface area contributed by atoms with Crippen molar-refractivity contribution in [2.24, 2.45) is 5.92 Å². The Balaban J connectivity index is 1.60. The van der Waals surface area contributed by atoms with Crippen LogP contribution < -0.4 is 5.73 Å². The maximum Gasteiger partial charge on any atom is 0.256 e. The highest BCUT2D eigenvalue weighted by Gasteiger charge is 2.25. The molecule has 1 amide bonds. The molecule has 0 atom stereocenters. The van der Waals surface area contributed by atoms with Crippen LogP contribution in [0.2, 0.25) is 0 Å². The molecule has 3 rings (SSSR count). The molecule has 1 saturated heterocycles. The van der Waals surface area contributed by atoms with Gasteiger partial charge in [-0.25, -0.2) is 4.39 Å². The van der Waals surface area contributed by atoms with Crippen molar-refractivity contribution in [3.05, 3.63) is 65.5 Å². The third-order valence-electron chi connectivity index (χ3n) is 4.55. The number of carbonyl (C=O) groups excluding carboxylic acids is 1. The molecular weight excluding hydrogens is 291 g/mol. The summed E-state index contributed by atoms with van der Waals surface area (Å²) in [6.45, 7) is 1.40. The monoisotopic (exact) mass is 312 g/mol. The molecule has 120 valence electrons. The molecular formula is C19H21FN2O. The van der Waals surface area contributed by atoms with Crippen molar-refractivity contribution in [2.45, 2.75) is 19.3 Å². The van der Waals surface area contributed by atoms with E-state index in [9.17, 15) is 9.18 Å². The van der Waals surface area contributed by atoms with Crippen LogP contribution in [0.3, 0.4) is 0 Å². The van der Waals surface area contributed by atoms with E-state index in [2.05, 4.69) is 24.3 Å². The van der Waals surface area contributed by atoms with Crippen molar-refractivity contribution >= 4 is 11.6 Å². The number of nitrogens with two attached hydrogens (primary N) is 1. The zero-order valence-electron chi connectivity index (χ0n) is 13.0. The number of piperidine rings is 1. The van der Waals surface area contributed by atoms with E-state index >= 15 is 0 Å². The van der Waals surface area contributed by atoms with Crippen LogP contribution in [0.1, 0.15) is 28.8 Å². The van der Waals surface area contributed by atoms with E-state index in [0.29, 0.717) is 19.0 Å². The predicted octanol–water partition coefficient (Wildman–Crippen LogP) is 3.50. The van der Waals surface area contributed by atoms with Crippen LogP contribution in [0.5, 0.6) is 0 Å². The summed E-state index contributed by atoms with van der Waals surface area (Å²) >= 11 is 0. The number of anilines is 1. The van der Waals surface area contributed by atoms with Crippen LogP contribution >= 0.6 is 0 Å². The lowest BCUT2D eigenvalue weighted by atomic mass is 9.90. The number of hydrogen-bond acceptors (Lipinski definition) is 2. The Morgan fingerprint density at radius 1 is 1.09 bits per heavy atom. The quantitative estimate of drug-likeness (QED) is 0.882. The molecule has 0 radical (unpaired) electrons. The second-order valence-corrected chi connectivity index (χ2v) is 6.13. The molecule has 1 heterocycles. The number of likely N-dealkylation sites (tertiary alicyclic amines) is 1. The van der Waals surface area contributed by atoms with E-state index in [4.69, 9.17) is 5.73 Å². The Labute approximate surface area is 135 Å². The summed E-state index contributed by atoms with van der Waals surface area (Å²) in [5.74, 6) is -0.110. The van der Waals surface area contributed by atoms with Gasteiger partial charge in [0.15, 0.2) is 0 Å². The van der Waals surface area contributed by atoms with E-state index in [-0.39, 0.29) is 17.2 Å². The van der Waals surface area contributed by atoms with Gasteiger partial charge in [0, 0.05) is 13.1 Å². The normalized spacial score (nSPS) is 15.6. The van der Waals surface area contributed by atoms with E-state index in [0.717, 1.165) is 19.3 Å². The maximum atomic E-state index is 13.5. The minimum Gasteiger partial charge on any atom is -0.396 e. The smallest absolute Gasteiger partial charge is 0.256 e. The average molecular weight is 312 g/mol. The second-order valence-electron chi connectivity index (χ2n) is 6.13. The van der Waals surface area contributed by atoms with Gasteiger partial charge in [0.05, 0.1) is 11.3 Å². The molecule has 2 N–H and O–H groups in total. The number of amides is 1. The van der Waals surface area contributed by atoms with Gasteiger partial charge in [-0.2, -0.15) is 0 Å². The zero-order valence-corrected chi connectivity index (χ0v) is 13.0. The average Bonchev–Trinajstić information content (AvgIpc) is 2.58. The first-order chi connectivity index (χ1) is 11.1. The van der Waals surface area contributed by atoms with Gasteiger partial charge in [-0.1, -0.05) is 36.4 Å². The molecule has 0 aromatic heterocycles. The van der Waals surface area contributed by atoms with Gasteiger partial charge in [-0.05, 0) is 42.9 Å². The van der Waals surface area contributed by atoms with Gasteiger partial charge in [0.25, 0.3) is 5.91 Å². The van der Waals surface area contributed by atoms with Gasteiger partial charge in [-0.3, -0.25) is 4.79 Å². The minimum atomic E-state index is -0.533. The van der Waals surface area contributed by atoms with Crippen LogP contribution in [0.25, 0.3) is 0 Å². The zero-order chi connectivity index (χ0) is 16.2. The van der Waals surface area contributed by atoms with Crippen LogP contribution in [0, 0.1) is 11.7 Å². The highest BCUT2D eigenvalue weighted by atomic mass is 19.1. The number of benzene rings is 2. The highest BCUT2D eigenvalue weighted by Crippen LogP contribution is 2.24. The van der Waals surface area contributed by atoms with E-state index < -0.39 is 5.82 Å².